The molecule has 6 heteroatoms. The van der Waals surface area contributed by atoms with Gasteiger partial charge in [-0.25, -0.2) is 4.79 Å². The lowest BCUT2D eigenvalue weighted by Crippen LogP contribution is -2.33. The molecule has 0 radical (unpaired) electrons. The van der Waals surface area contributed by atoms with E-state index in [1.165, 1.54) is 57.8 Å². The Morgan fingerprint density at radius 1 is 0.795 bits per heavy atom. The van der Waals surface area contributed by atoms with E-state index >= 15 is 0 Å². The highest BCUT2D eigenvalue weighted by Crippen LogP contribution is 2.34. The maximum Gasteiger partial charge on any atom is 0.333 e. The second kappa shape index (κ2) is 20.2. The molecule has 6 nitrogen and oxygen atoms in total. The Morgan fingerprint density at radius 3 is 1.95 bits per heavy atom. The van der Waals surface area contributed by atoms with E-state index in [4.69, 9.17) is 14.2 Å². The van der Waals surface area contributed by atoms with Crippen molar-refractivity contribution in [1.29, 1.82) is 0 Å². The van der Waals surface area contributed by atoms with Gasteiger partial charge in [-0.15, -0.1) is 0 Å². The number of carbonyl (C=O) groups is 1. The summed E-state index contributed by atoms with van der Waals surface area (Å²) in [5.74, 6) is 1.30. The van der Waals surface area contributed by atoms with Gasteiger partial charge in [-0.05, 0) is 92.1 Å². The number of hydrogen-bond acceptors (Lipinski definition) is 6. The topological polar surface area (TPSA) is 85.2 Å². The molecule has 2 N–H and O–H groups in total. The zero-order valence-corrected chi connectivity index (χ0v) is 28.1. The van der Waals surface area contributed by atoms with Crippen LogP contribution in [0.3, 0.4) is 0 Å². The van der Waals surface area contributed by atoms with Crippen molar-refractivity contribution in [2.24, 2.45) is 5.41 Å². The van der Waals surface area contributed by atoms with Crippen LogP contribution in [-0.2, 0) is 16.0 Å². The minimum atomic E-state index is -0.700. The molecule has 0 aliphatic rings. The molecular formula is C38H58O6. The maximum absolute atomic E-state index is 11.8. The van der Waals surface area contributed by atoms with Crippen molar-refractivity contribution in [2.75, 3.05) is 33.0 Å². The predicted molar refractivity (Wildman–Crippen MR) is 181 cm³/mol. The lowest BCUT2D eigenvalue weighted by molar-refractivity contribution is -0.139. The van der Waals surface area contributed by atoms with Crippen molar-refractivity contribution >= 4 is 5.97 Å². The minimum absolute atomic E-state index is 0.150. The average molecular weight is 611 g/mol. The number of carbonyl (C=O) groups excluding carboxylic acids is 1. The summed E-state index contributed by atoms with van der Waals surface area (Å²) in [5, 5.41) is 19.3. The molecule has 0 atom stereocenters. The molecule has 0 saturated carbocycles. The normalized spacial score (nSPS) is 11.4. The molecule has 2 rings (SSSR count). The zero-order chi connectivity index (χ0) is 32.4. The predicted octanol–water partition coefficient (Wildman–Crippen LogP) is 8.69. The van der Waals surface area contributed by atoms with Crippen LogP contribution >= 0.6 is 0 Å². The van der Waals surface area contributed by atoms with Crippen LogP contribution in [-0.4, -0.2) is 49.2 Å². The number of esters is 1. The summed E-state index contributed by atoms with van der Waals surface area (Å²) in [7, 11) is 0. The molecule has 0 spiro atoms. The van der Waals surface area contributed by atoms with Crippen LogP contribution in [0.15, 0.2) is 42.5 Å². The summed E-state index contributed by atoms with van der Waals surface area (Å²) >= 11 is 0. The number of hydrogen-bond donors (Lipinski definition) is 2. The Kier molecular flexibility index (Phi) is 17.2. The van der Waals surface area contributed by atoms with E-state index < -0.39 is 5.41 Å². The fourth-order valence-corrected chi connectivity index (χ4v) is 5.15. The third-order valence-electron chi connectivity index (χ3n) is 8.11. The van der Waals surface area contributed by atoms with Crippen LogP contribution in [0.25, 0.3) is 11.1 Å². The van der Waals surface area contributed by atoms with Gasteiger partial charge in [0.05, 0.1) is 33.0 Å². The van der Waals surface area contributed by atoms with Gasteiger partial charge in [-0.2, -0.15) is 0 Å². The van der Waals surface area contributed by atoms with Gasteiger partial charge in [0.2, 0.25) is 0 Å². The summed E-state index contributed by atoms with van der Waals surface area (Å²) in [6.07, 6.45) is 14.3. The number of aliphatic hydroxyl groups excluding tert-OH is 2. The summed E-state index contributed by atoms with van der Waals surface area (Å²) in [4.78, 5) is 11.8. The van der Waals surface area contributed by atoms with Gasteiger partial charge < -0.3 is 24.4 Å². The quantitative estimate of drug-likeness (QED) is 0.0744. The van der Waals surface area contributed by atoms with E-state index in [-0.39, 0.29) is 25.8 Å². The second-order valence-electron chi connectivity index (χ2n) is 12.7. The largest absolute Gasteiger partial charge is 0.493 e. The van der Waals surface area contributed by atoms with E-state index in [1.54, 1.807) is 13.8 Å². The van der Waals surface area contributed by atoms with E-state index in [9.17, 15) is 15.0 Å². The van der Waals surface area contributed by atoms with Crippen LogP contribution < -0.4 is 9.47 Å². The van der Waals surface area contributed by atoms with E-state index in [0.29, 0.717) is 25.2 Å². The van der Waals surface area contributed by atoms with Crippen molar-refractivity contribution in [2.45, 2.75) is 112 Å². The van der Waals surface area contributed by atoms with Gasteiger partial charge in [0.25, 0.3) is 0 Å². The number of rotatable bonds is 23. The molecule has 0 heterocycles. The minimum Gasteiger partial charge on any atom is -0.493 e. The second-order valence-corrected chi connectivity index (χ2v) is 12.7. The fraction of sp³-hybridized carbons (Fsp3) is 0.605. The first kappa shape index (κ1) is 37.4. The summed E-state index contributed by atoms with van der Waals surface area (Å²) < 4.78 is 17.7. The van der Waals surface area contributed by atoms with E-state index in [0.717, 1.165) is 52.2 Å². The van der Waals surface area contributed by atoms with Crippen LogP contribution in [0.2, 0.25) is 0 Å². The summed E-state index contributed by atoms with van der Waals surface area (Å²) in [6, 6.07) is 10.6. The molecule has 0 aliphatic carbocycles. The van der Waals surface area contributed by atoms with Gasteiger partial charge >= 0.3 is 5.97 Å². The van der Waals surface area contributed by atoms with Crippen LogP contribution in [0.1, 0.15) is 108 Å². The molecule has 246 valence electrons. The van der Waals surface area contributed by atoms with Crippen molar-refractivity contribution in [3.05, 3.63) is 59.2 Å². The molecule has 44 heavy (non-hydrogen) atoms. The molecule has 0 saturated heterocycles. The molecule has 2 aromatic rings. The number of benzene rings is 2. The number of aliphatic hydroxyl groups is 2. The van der Waals surface area contributed by atoms with Gasteiger partial charge in [0.15, 0.2) is 0 Å². The molecule has 0 unspecified atom stereocenters. The van der Waals surface area contributed by atoms with Crippen LogP contribution in [0, 0.1) is 19.3 Å². The number of unbranched alkanes of at least 4 members (excludes halogenated alkanes) is 9. The van der Waals surface area contributed by atoms with Gasteiger partial charge in [-0.3, -0.25) is 0 Å². The highest BCUT2D eigenvalue weighted by atomic mass is 16.5. The Hall–Kier alpha value is -2.83. The Labute approximate surface area is 266 Å². The maximum atomic E-state index is 11.8. The summed E-state index contributed by atoms with van der Waals surface area (Å²) in [5.41, 5.74) is 4.95. The highest BCUT2D eigenvalue weighted by molar-refractivity contribution is 5.86. The third kappa shape index (κ3) is 13.0. The molecule has 0 amide bonds. The van der Waals surface area contributed by atoms with Crippen molar-refractivity contribution in [1.82, 2.24) is 0 Å². The van der Waals surface area contributed by atoms with Gasteiger partial charge in [0, 0.05) is 11.0 Å². The van der Waals surface area contributed by atoms with Crippen molar-refractivity contribution < 1.29 is 29.2 Å². The molecular weight excluding hydrogens is 552 g/mol. The fourth-order valence-electron chi connectivity index (χ4n) is 5.15. The Balaban J connectivity index is 2.06. The first-order chi connectivity index (χ1) is 21.1. The molecule has 2 aromatic carbocycles. The average Bonchev–Trinajstić information content (AvgIpc) is 3.01. The lowest BCUT2D eigenvalue weighted by atomic mass is 9.94. The number of aryl methyl sites for hydroxylation is 3. The van der Waals surface area contributed by atoms with Gasteiger partial charge in [-0.1, -0.05) is 84.3 Å². The smallest absolute Gasteiger partial charge is 0.333 e. The van der Waals surface area contributed by atoms with E-state index in [2.05, 4.69) is 43.8 Å². The SMILES string of the molecule is C=C(C)C(=O)OCCCc1cc(-c2cc(C)c(OCC(C)(CO)CO)c(C)c2)ccc1OCCCCCCCCCCCC. The number of ether oxygens (including phenoxy) is 3. The molecule has 0 fully saturated rings. The van der Waals surface area contributed by atoms with Gasteiger partial charge in [0.1, 0.15) is 11.5 Å². The molecule has 0 aromatic heterocycles. The first-order valence-electron chi connectivity index (χ1n) is 16.7. The molecule has 0 bridgehead atoms. The highest BCUT2D eigenvalue weighted by Gasteiger charge is 2.24. The zero-order valence-electron chi connectivity index (χ0n) is 28.1. The lowest BCUT2D eigenvalue weighted by Gasteiger charge is -2.26. The molecule has 0 aliphatic heterocycles. The Morgan fingerprint density at radius 2 is 1.39 bits per heavy atom. The van der Waals surface area contributed by atoms with Crippen molar-refractivity contribution in [3.8, 4) is 22.6 Å². The first-order valence-corrected chi connectivity index (χ1v) is 16.7. The summed E-state index contributed by atoms with van der Waals surface area (Å²) in [6.45, 7) is 14.4. The Bertz CT molecular complexity index is 1130. The van der Waals surface area contributed by atoms with Crippen molar-refractivity contribution in [3.63, 3.8) is 0 Å². The van der Waals surface area contributed by atoms with E-state index in [1.807, 2.05) is 13.8 Å². The van der Waals surface area contributed by atoms with Crippen LogP contribution in [0.5, 0.6) is 11.5 Å². The standard InChI is InChI=1S/C38H58O6/c1-7-8-9-10-11-12-13-14-15-16-21-42-35-20-19-32(25-33(35)18-17-22-43-37(41)29(2)3)34-23-30(4)36(31(5)24-34)44-28-38(6,26-39)27-40/h19-20,23-25,39-40H,2,7-18,21-22,26-28H2,1,3-6H3. The third-order valence-corrected chi connectivity index (χ3v) is 8.11. The monoisotopic (exact) mass is 610 g/mol. The van der Waals surface area contributed by atoms with Crippen LogP contribution in [0.4, 0.5) is 0 Å².